The number of hydrogen-bond donors (Lipinski definition) is 2. The maximum absolute atomic E-state index is 6.08. The third kappa shape index (κ3) is 5.73. The molecule has 0 aliphatic heterocycles. The summed E-state index contributed by atoms with van der Waals surface area (Å²) >= 11 is 0. The smallest absolute Gasteiger partial charge is 0.242 e. The highest BCUT2D eigenvalue weighted by molar-refractivity contribution is 5.67. The van der Waals surface area contributed by atoms with Gasteiger partial charge in [-0.1, -0.05) is 13.8 Å². The van der Waals surface area contributed by atoms with E-state index in [9.17, 15) is 0 Å². The molecule has 0 unspecified atom stereocenters. The van der Waals surface area contributed by atoms with Crippen molar-refractivity contribution in [1.29, 1.82) is 0 Å². The minimum Gasteiger partial charge on any atom is -0.474 e. The zero-order chi connectivity index (χ0) is 15.8. The van der Waals surface area contributed by atoms with Gasteiger partial charge in [-0.3, -0.25) is 0 Å². The van der Waals surface area contributed by atoms with Crippen molar-refractivity contribution in [1.82, 2.24) is 14.9 Å². The van der Waals surface area contributed by atoms with Crippen LogP contribution in [-0.4, -0.2) is 62.4 Å². The van der Waals surface area contributed by atoms with Crippen molar-refractivity contribution >= 4 is 11.5 Å². The number of hydrogen-bond acceptors (Lipinski definition) is 7. The lowest BCUT2D eigenvalue weighted by molar-refractivity contribution is 0.144. The average Bonchev–Trinajstić information content (AvgIpc) is 2.41. The van der Waals surface area contributed by atoms with Crippen molar-refractivity contribution in [3.05, 3.63) is 5.82 Å². The first-order valence-electron chi connectivity index (χ1n) is 7.13. The van der Waals surface area contributed by atoms with E-state index in [1.807, 2.05) is 27.9 Å². The Balaban J connectivity index is 2.88. The van der Waals surface area contributed by atoms with Gasteiger partial charge in [-0.05, 0) is 14.1 Å². The molecule has 0 aliphatic carbocycles. The first-order valence-corrected chi connectivity index (χ1v) is 7.13. The summed E-state index contributed by atoms with van der Waals surface area (Å²) < 4.78 is 10.6. The lowest BCUT2D eigenvalue weighted by Gasteiger charge is -2.16. The molecule has 1 rings (SSSR count). The Bertz CT molecular complexity index is 438. The van der Waals surface area contributed by atoms with Crippen LogP contribution in [-0.2, 0) is 4.74 Å². The van der Waals surface area contributed by atoms with Crippen LogP contribution in [0.3, 0.4) is 0 Å². The van der Waals surface area contributed by atoms with Gasteiger partial charge in [0, 0.05) is 26.1 Å². The van der Waals surface area contributed by atoms with Gasteiger partial charge in [0.05, 0.1) is 6.61 Å². The van der Waals surface area contributed by atoms with E-state index in [1.165, 1.54) is 0 Å². The highest BCUT2D eigenvalue weighted by Crippen LogP contribution is 2.28. The fraction of sp³-hybridized carbons (Fsp3) is 0.714. The van der Waals surface area contributed by atoms with Gasteiger partial charge < -0.3 is 25.4 Å². The molecule has 1 aromatic rings. The number of anilines is 2. The molecule has 0 aromatic carbocycles. The van der Waals surface area contributed by atoms with E-state index in [-0.39, 0.29) is 5.92 Å². The fourth-order valence-electron chi connectivity index (χ4n) is 1.59. The first-order chi connectivity index (χ1) is 9.95. The molecule has 0 saturated carbocycles. The number of rotatable bonds is 9. The third-order valence-electron chi connectivity index (χ3n) is 2.82. The number of aromatic nitrogens is 2. The number of nitrogens with one attached hydrogen (secondary N) is 1. The van der Waals surface area contributed by atoms with E-state index in [1.54, 1.807) is 7.11 Å². The van der Waals surface area contributed by atoms with E-state index in [0.29, 0.717) is 36.4 Å². The molecule has 7 nitrogen and oxygen atoms in total. The highest BCUT2D eigenvalue weighted by Gasteiger charge is 2.15. The van der Waals surface area contributed by atoms with Crippen LogP contribution in [0.5, 0.6) is 5.88 Å². The summed E-state index contributed by atoms with van der Waals surface area (Å²) in [7, 11) is 5.66. The zero-order valence-corrected chi connectivity index (χ0v) is 13.6. The van der Waals surface area contributed by atoms with Crippen LogP contribution in [0.2, 0.25) is 0 Å². The number of ether oxygens (including phenoxy) is 2. The van der Waals surface area contributed by atoms with E-state index < -0.39 is 0 Å². The molecule has 0 spiro atoms. The summed E-state index contributed by atoms with van der Waals surface area (Å²) in [4.78, 5) is 11.0. The zero-order valence-electron chi connectivity index (χ0n) is 13.6. The molecule has 1 aromatic heterocycles. The van der Waals surface area contributed by atoms with Gasteiger partial charge >= 0.3 is 0 Å². The van der Waals surface area contributed by atoms with Crippen molar-refractivity contribution in [2.75, 3.05) is 58.6 Å². The Hall–Kier alpha value is -1.60. The second-order valence-corrected chi connectivity index (χ2v) is 5.38. The van der Waals surface area contributed by atoms with Gasteiger partial charge in [0.2, 0.25) is 5.88 Å². The van der Waals surface area contributed by atoms with Crippen LogP contribution in [0, 0.1) is 0 Å². The largest absolute Gasteiger partial charge is 0.474 e. The van der Waals surface area contributed by atoms with Crippen LogP contribution in [0.1, 0.15) is 25.6 Å². The number of nitrogen functional groups attached to an aromatic ring is 1. The molecule has 0 atom stereocenters. The predicted molar refractivity (Wildman–Crippen MR) is 84.9 cm³/mol. The van der Waals surface area contributed by atoms with Crippen LogP contribution < -0.4 is 15.8 Å². The maximum Gasteiger partial charge on any atom is 0.242 e. The molecule has 1 heterocycles. The topological polar surface area (TPSA) is 85.5 Å². The Morgan fingerprint density at radius 3 is 2.52 bits per heavy atom. The van der Waals surface area contributed by atoms with E-state index in [2.05, 4.69) is 20.2 Å². The fourth-order valence-corrected chi connectivity index (χ4v) is 1.59. The molecule has 0 amide bonds. The summed E-state index contributed by atoms with van der Waals surface area (Å²) in [5.74, 6) is 1.95. The van der Waals surface area contributed by atoms with Crippen molar-refractivity contribution in [3.8, 4) is 5.88 Å². The second-order valence-electron chi connectivity index (χ2n) is 5.38. The van der Waals surface area contributed by atoms with Gasteiger partial charge in [-0.2, -0.15) is 4.98 Å². The molecule has 0 radical (unpaired) electrons. The van der Waals surface area contributed by atoms with Gasteiger partial charge in [-0.25, -0.2) is 4.98 Å². The van der Waals surface area contributed by atoms with Crippen LogP contribution in [0.4, 0.5) is 11.5 Å². The van der Waals surface area contributed by atoms with E-state index in [4.69, 9.17) is 15.2 Å². The molecule has 0 bridgehead atoms. The molecular formula is C14H27N5O2. The van der Waals surface area contributed by atoms with Crippen molar-refractivity contribution in [2.45, 2.75) is 19.8 Å². The SMILES string of the molecule is COCCOc1nc(C(C)C)nc(NCCN(C)C)c1N. The first kappa shape index (κ1) is 17.5. The number of methoxy groups -OCH3 is 1. The lowest BCUT2D eigenvalue weighted by Crippen LogP contribution is -2.22. The molecule has 0 saturated heterocycles. The van der Waals surface area contributed by atoms with Gasteiger partial charge in [0.15, 0.2) is 5.82 Å². The number of nitrogens with two attached hydrogens (primary N) is 1. The Morgan fingerprint density at radius 1 is 1.24 bits per heavy atom. The summed E-state index contributed by atoms with van der Waals surface area (Å²) in [6.45, 7) is 6.61. The summed E-state index contributed by atoms with van der Waals surface area (Å²) in [5.41, 5.74) is 6.52. The molecular weight excluding hydrogens is 270 g/mol. The lowest BCUT2D eigenvalue weighted by atomic mass is 10.2. The van der Waals surface area contributed by atoms with Crippen LogP contribution >= 0.6 is 0 Å². The van der Waals surface area contributed by atoms with Crippen LogP contribution in [0.15, 0.2) is 0 Å². The number of nitrogens with zero attached hydrogens (tertiary/aromatic N) is 3. The average molecular weight is 297 g/mol. The summed E-state index contributed by atoms with van der Waals surface area (Å²) in [6, 6.07) is 0. The Morgan fingerprint density at radius 2 is 1.95 bits per heavy atom. The minimum atomic E-state index is 0.199. The monoisotopic (exact) mass is 297 g/mol. The van der Waals surface area contributed by atoms with E-state index >= 15 is 0 Å². The Kier molecular flexibility index (Phi) is 7.18. The molecule has 120 valence electrons. The van der Waals surface area contributed by atoms with Crippen molar-refractivity contribution in [2.24, 2.45) is 0 Å². The van der Waals surface area contributed by atoms with Crippen molar-refractivity contribution < 1.29 is 9.47 Å². The summed E-state index contributed by atoms with van der Waals surface area (Å²) in [5, 5.41) is 3.24. The molecule has 0 fully saturated rings. The Labute approximate surface area is 126 Å². The molecule has 21 heavy (non-hydrogen) atoms. The van der Waals surface area contributed by atoms with Crippen molar-refractivity contribution in [3.63, 3.8) is 0 Å². The second kappa shape index (κ2) is 8.63. The van der Waals surface area contributed by atoms with Gasteiger partial charge in [0.1, 0.15) is 18.1 Å². The van der Waals surface area contributed by atoms with Crippen LogP contribution in [0.25, 0.3) is 0 Å². The molecule has 7 heteroatoms. The third-order valence-corrected chi connectivity index (χ3v) is 2.82. The normalized spacial score (nSPS) is 11.2. The predicted octanol–water partition coefficient (Wildman–Crippen LogP) is 1.18. The standard InChI is InChI=1S/C14H27N5O2/c1-10(2)12-17-13(16-6-7-19(3)4)11(15)14(18-12)21-9-8-20-5/h10H,6-9,15H2,1-5H3,(H,16,17,18). The van der Waals surface area contributed by atoms with Gasteiger partial charge in [-0.15, -0.1) is 0 Å². The highest BCUT2D eigenvalue weighted by atomic mass is 16.5. The maximum atomic E-state index is 6.08. The molecule has 3 N–H and O–H groups in total. The van der Waals surface area contributed by atoms with Gasteiger partial charge in [0.25, 0.3) is 0 Å². The number of likely N-dealkylation sites (N-methyl/N-ethyl adjacent to an activating group) is 1. The summed E-state index contributed by atoms with van der Waals surface area (Å²) in [6.07, 6.45) is 0. The van der Waals surface area contributed by atoms with E-state index in [0.717, 1.165) is 13.1 Å². The minimum absolute atomic E-state index is 0.199. The quantitative estimate of drug-likeness (QED) is 0.662. The molecule has 0 aliphatic rings.